The summed E-state index contributed by atoms with van der Waals surface area (Å²) in [5, 5.41) is 8.60. The van der Waals surface area contributed by atoms with Crippen molar-refractivity contribution in [1.29, 1.82) is 5.26 Å². The highest BCUT2D eigenvalue weighted by Gasteiger charge is 2.06. The summed E-state index contributed by atoms with van der Waals surface area (Å²) in [4.78, 5) is 6.00. The molecule has 0 aromatic carbocycles. The molecule has 86 valence electrons. The lowest BCUT2D eigenvalue weighted by Gasteiger charge is -2.23. The summed E-state index contributed by atoms with van der Waals surface area (Å²) in [6, 6.07) is 5.81. The van der Waals surface area contributed by atoms with Gasteiger partial charge in [0, 0.05) is 38.1 Å². The second kappa shape index (κ2) is 6.64. The topological polar surface area (TPSA) is 75.2 Å². The van der Waals surface area contributed by atoms with Crippen LogP contribution in [0.4, 0.5) is 11.5 Å². The van der Waals surface area contributed by atoms with Crippen LogP contribution in [-0.2, 0) is 4.74 Å². The van der Waals surface area contributed by atoms with Gasteiger partial charge in [0.2, 0.25) is 0 Å². The van der Waals surface area contributed by atoms with Gasteiger partial charge in [-0.15, -0.1) is 0 Å². The standard InChI is InChI=1S/C11H16N4O/c1-16-8-7-15(6-2-4-12)10-3-5-14-11(13)9-10/h3,5,9H,2,6-8H2,1H3,(H2,13,14). The van der Waals surface area contributed by atoms with E-state index in [-0.39, 0.29) is 0 Å². The van der Waals surface area contributed by atoms with Crippen LogP contribution in [0.1, 0.15) is 6.42 Å². The SMILES string of the molecule is COCCN(CCC#N)c1ccnc(N)c1. The van der Waals surface area contributed by atoms with Crippen molar-refractivity contribution in [3.8, 4) is 6.07 Å². The number of methoxy groups -OCH3 is 1. The summed E-state index contributed by atoms with van der Waals surface area (Å²) >= 11 is 0. The molecule has 5 nitrogen and oxygen atoms in total. The van der Waals surface area contributed by atoms with Crippen molar-refractivity contribution >= 4 is 11.5 Å². The number of hydrogen-bond donors (Lipinski definition) is 1. The molecule has 1 heterocycles. The number of nitrogens with two attached hydrogens (primary N) is 1. The van der Waals surface area contributed by atoms with E-state index in [1.54, 1.807) is 19.4 Å². The van der Waals surface area contributed by atoms with Gasteiger partial charge < -0.3 is 15.4 Å². The quantitative estimate of drug-likeness (QED) is 0.775. The van der Waals surface area contributed by atoms with Crippen molar-refractivity contribution in [3.05, 3.63) is 18.3 Å². The van der Waals surface area contributed by atoms with Crippen molar-refractivity contribution in [2.75, 3.05) is 37.4 Å². The van der Waals surface area contributed by atoms with Gasteiger partial charge in [0.1, 0.15) is 5.82 Å². The van der Waals surface area contributed by atoms with Crippen LogP contribution in [0.25, 0.3) is 0 Å². The second-order valence-electron chi connectivity index (χ2n) is 3.33. The van der Waals surface area contributed by atoms with E-state index in [9.17, 15) is 0 Å². The highest BCUT2D eigenvalue weighted by Crippen LogP contribution is 2.15. The van der Waals surface area contributed by atoms with Gasteiger partial charge >= 0.3 is 0 Å². The Labute approximate surface area is 95.4 Å². The van der Waals surface area contributed by atoms with E-state index in [2.05, 4.69) is 16.0 Å². The number of nitrogens with zero attached hydrogens (tertiary/aromatic N) is 3. The smallest absolute Gasteiger partial charge is 0.125 e. The number of aromatic nitrogens is 1. The number of rotatable bonds is 6. The van der Waals surface area contributed by atoms with Crippen LogP contribution in [-0.4, -0.2) is 31.8 Å². The average Bonchev–Trinajstić information content (AvgIpc) is 2.29. The predicted molar refractivity (Wildman–Crippen MR) is 63.0 cm³/mol. The van der Waals surface area contributed by atoms with Crippen LogP contribution in [0, 0.1) is 11.3 Å². The lowest BCUT2D eigenvalue weighted by Crippen LogP contribution is -2.28. The molecule has 0 unspecified atom stereocenters. The molecule has 1 aromatic rings. The third-order valence-corrected chi connectivity index (χ3v) is 2.19. The average molecular weight is 220 g/mol. The van der Waals surface area contributed by atoms with Crippen LogP contribution in [0.3, 0.4) is 0 Å². The van der Waals surface area contributed by atoms with E-state index in [4.69, 9.17) is 15.7 Å². The Balaban J connectivity index is 2.70. The molecule has 0 spiro atoms. The molecule has 2 N–H and O–H groups in total. The molecule has 1 aromatic heterocycles. The molecule has 16 heavy (non-hydrogen) atoms. The lowest BCUT2D eigenvalue weighted by atomic mass is 10.3. The Morgan fingerprint density at radius 3 is 3.00 bits per heavy atom. The van der Waals surface area contributed by atoms with E-state index < -0.39 is 0 Å². The van der Waals surface area contributed by atoms with Gasteiger partial charge in [-0.1, -0.05) is 0 Å². The van der Waals surface area contributed by atoms with Gasteiger partial charge in [-0.25, -0.2) is 4.98 Å². The number of nitriles is 1. The molecule has 0 aliphatic rings. The first-order chi connectivity index (χ1) is 7.77. The number of hydrogen-bond acceptors (Lipinski definition) is 5. The number of nitrogen functional groups attached to an aromatic ring is 1. The first kappa shape index (κ1) is 12.3. The first-order valence-electron chi connectivity index (χ1n) is 5.10. The van der Waals surface area contributed by atoms with Gasteiger partial charge in [-0.2, -0.15) is 5.26 Å². The summed E-state index contributed by atoms with van der Waals surface area (Å²) in [6.45, 7) is 2.03. The van der Waals surface area contributed by atoms with Gasteiger partial charge in [0.15, 0.2) is 0 Å². The van der Waals surface area contributed by atoms with E-state index in [1.807, 2.05) is 6.07 Å². The molecular formula is C11H16N4O. The van der Waals surface area contributed by atoms with Crippen LogP contribution < -0.4 is 10.6 Å². The minimum absolute atomic E-state index is 0.478. The molecular weight excluding hydrogens is 204 g/mol. The van der Waals surface area contributed by atoms with E-state index in [0.29, 0.717) is 25.4 Å². The van der Waals surface area contributed by atoms with E-state index in [1.165, 1.54) is 0 Å². The summed E-state index contributed by atoms with van der Waals surface area (Å²) in [5.74, 6) is 0.483. The van der Waals surface area contributed by atoms with Gasteiger partial charge in [0.25, 0.3) is 0 Å². The second-order valence-corrected chi connectivity index (χ2v) is 3.33. The highest BCUT2D eigenvalue weighted by molar-refractivity contribution is 5.52. The minimum Gasteiger partial charge on any atom is -0.384 e. The maximum Gasteiger partial charge on any atom is 0.125 e. The Hall–Kier alpha value is -1.80. The molecule has 1 rings (SSSR count). The third-order valence-electron chi connectivity index (χ3n) is 2.19. The zero-order chi connectivity index (χ0) is 11.8. The Morgan fingerprint density at radius 2 is 2.38 bits per heavy atom. The maximum absolute atomic E-state index is 8.60. The minimum atomic E-state index is 0.478. The summed E-state index contributed by atoms with van der Waals surface area (Å²) in [5.41, 5.74) is 6.59. The maximum atomic E-state index is 8.60. The normalized spacial score (nSPS) is 9.75. The molecule has 0 saturated carbocycles. The number of pyridine rings is 1. The fraction of sp³-hybridized carbons (Fsp3) is 0.455. The monoisotopic (exact) mass is 220 g/mol. The lowest BCUT2D eigenvalue weighted by molar-refractivity contribution is 0.205. The predicted octanol–water partition coefficient (Wildman–Crippen LogP) is 1.03. The fourth-order valence-electron chi connectivity index (χ4n) is 1.39. The van der Waals surface area contributed by atoms with Gasteiger partial charge in [-0.3, -0.25) is 0 Å². The Bertz CT molecular complexity index is 361. The summed E-state index contributed by atoms with van der Waals surface area (Å²) in [6.07, 6.45) is 2.14. The van der Waals surface area contributed by atoms with E-state index in [0.717, 1.165) is 12.2 Å². The molecule has 0 radical (unpaired) electrons. The zero-order valence-corrected chi connectivity index (χ0v) is 9.39. The van der Waals surface area contributed by atoms with Crippen LogP contribution in [0.15, 0.2) is 18.3 Å². The molecule has 5 heteroatoms. The van der Waals surface area contributed by atoms with Crippen molar-refractivity contribution in [3.63, 3.8) is 0 Å². The van der Waals surface area contributed by atoms with Crippen LogP contribution in [0.5, 0.6) is 0 Å². The van der Waals surface area contributed by atoms with Crippen LogP contribution in [0.2, 0.25) is 0 Å². The van der Waals surface area contributed by atoms with E-state index >= 15 is 0 Å². The van der Waals surface area contributed by atoms with Crippen LogP contribution >= 0.6 is 0 Å². The largest absolute Gasteiger partial charge is 0.384 e. The Kier molecular flexibility index (Phi) is 5.09. The first-order valence-corrected chi connectivity index (χ1v) is 5.10. The van der Waals surface area contributed by atoms with Crippen molar-refractivity contribution in [2.24, 2.45) is 0 Å². The fourth-order valence-corrected chi connectivity index (χ4v) is 1.39. The van der Waals surface area contributed by atoms with Crippen molar-refractivity contribution in [1.82, 2.24) is 4.98 Å². The van der Waals surface area contributed by atoms with Crippen molar-refractivity contribution in [2.45, 2.75) is 6.42 Å². The number of anilines is 2. The molecule has 0 aliphatic carbocycles. The molecule has 0 atom stereocenters. The molecule has 0 bridgehead atoms. The summed E-state index contributed by atoms with van der Waals surface area (Å²) < 4.78 is 5.03. The molecule has 0 saturated heterocycles. The summed E-state index contributed by atoms with van der Waals surface area (Å²) in [7, 11) is 1.66. The van der Waals surface area contributed by atoms with Gasteiger partial charge in [0.05, 0.1) is 19.1 Å². The third kappa shape index (κ3) is 3.75. The zero-order valence-electron chi connectivity index (χ0n) is 9.39. The molecule has 0 aliphatic heterocycles. The van der Waals surface area contributed by atoms with Gasteiger partial charge in [-0.05, 0) is 6.07 Å². The molecule has 0 fully saturated rings. The molecule has 0 amide bonds. The Morgan fingerprint density at radius 1 is 1.56 bits per heavy atom. The highest BCUT2D eigenvalue weighted by atomic mass is 16.5. The van der Waals surface area contributed by atoms with Crippen molar-refractivity contribution < 1.29 is 4.74 Å². The number of ether oxygens (including phenoxy) is 1.